The van der Waals surface area contributed by atoms with E-state index in [-0.39, 0.29) is 29.9 Å². The molecular weight excluding hydrogens is 322 g/mol. The fraction of sp³-hybridized carbons (Fsp3) is 0.650. The number of ether oxygens (including phenoxy) is 1. The zero-order valence-corrected chi connectivity index (χ0v) is 15.3. The van der Waals surface area contributed by atoms with Gasteiger partial charge >= 0.3 is 5.97 Å². The predicted molar refractivity (Wildman–Crippen MR) is 97.4 cm³/mol. The van der Waals surface area contributed by atoms with Crippen LogP contribution in [0.25, 0.3) is 0 Å². The summed E-state index contributed by atoms with van der Waals surface area (Å²) in [4.78, 5) is 15.6. The SMILES string of the molecule is CN1CCC(OC(=O)C2(c3ccccc3)CC3CCC2C3)CC1.Cl. The summed E-state index contributed by atoms with van der Waals surface area (Å²) in [5, 5.41) is 0. The van der Waals surface area contributed by atoms with Crippen LogP contribution < -0.4 is 0 Å². The molecule has 1 saturated heterocycles. The van der Waals surface area contributed by atoms with Crippen LogP contribution >= 0.6 is 12.4 Å². The van der Waals surface area contributed by atoms with Gasteiger partial charge in [-0.15, -0.1) is 12.4 Å². The maximum Gasteiger partial charge on any atom is 0.317 e. The summed E-state index contributed by atoms with van der Waals surface area (Å²) < 4.78 is 6.07. The van der Waals surface area contributed by atoms with Gasteiger partial charge in [-0.05, 0) is 56.6 Å². The maximum atomic E-state index is 13.3. The fourth-order valence-electron chi connectivity index (χ4n) is 5.15. The predicted octanol–water partition coefficient (Wildman–Crippen LogP) is 3.80. The van der Waals surface area contributed by atoms with E-state index in [1.54, 1.807) is 0 Å². The van der Waals surface area contributed by atoms with Crippen molar-refractivity contribution in [3.63, 3.8) is 0 Å². The molecule has 4 heteroatoms. The summed E-state index contributed by atoms with van der Waals surface area (Å²) in [7, 11) is 2.14. The lowest BCUT2D eigenvalue weighted by Crippen LogP contribution is -2.45. The van der Waals surface area contributed by atoms with Gasteiger partial charge in [0.2, 0.25) is 0 Å². The molecule has 3 nitrogen and oxygen atoms in total. The third-order valence-electron chi connectivity index (χ3n) is 6.44. The number of esters is 1. The Labute approximate surface area is 151 Å². The molecule has 1 aromatic rings. The summed E-state index contributed by atoms with van der Waals surface area (Å²) in [5.74, 6) is 1.25. The number of carbonyl (C=O) groups is 1. The zero-order chi connectivity index (χ0) is 15.9. The second-order valence-electron chi connectivity index (χ2n) is 7.83. The van der Waals surface area contributed by atoms with Crippen LogP contribution in [0, 0.1) is 11.8 Å². The van der Waals surface area contributed by atoms with Crippen LogP contribution in [0.1, 0.15) is 44.1 Å². The van der Waals surface area contributed by atoms with Crippen LogP contribution in [0.5, 0.6) is 0 Å². The minimum atomic E-state index is -0.368. The van der Waals surface area contributed by atoms with E-state index in [0.717, 1.165) is 32.4 Å². The quantitative estimate of drug-likeness (QED) is 0.777. The van der Waals surface area contributed by atoms with E-state index in [0.29, 0.717) is 11.8 Å². The van der Waals surface area contributed by atoms with Crippen LogP contribution in [0.2, 0.25) is 0 Å². The number of hydrogen-bond donors (Lipinski definition) is 0. The minimum Gasteiger partial charge on any atom is -0.462 e. The van der Waals surface area contributed by atoms with E-state index in [1.165, 1.54) is 24.8 Å². The lowest BCUT2D eigenvalue weighted by Gasteiger charge is -2.38. The molecule has 132 valence electrons. The van der Waals surface area contributed by atoms with Gasteiger partial charge in [0.15, 0.2) is 0 Å². The fourth-order valence-corrected chi connectivity index (χ4v) is 5.15. The summed E-state index contributed by atoms with van der Waals surface area (Å²) in [6.07, 6.45) is 6.73. The molecule has 0 N–H and O–H groups in total. The van der Waals surface area contributed by atoms with Crippen molar-refractivity contribution in [2.24, 2.45) is 11.8 Å². The standard InChI is InChI=1S/C20H27NO2.ClH/c1-21-11-9-18(10-12-21)23-19(22)20(16-5-3-2-4-6-16)14-15-7-8-17(20)13-15;/h2-6,15,17-18H,7-14H2,1H3;1H. The number of halogens is 1. The number of rotatable bonds is 3. The normalized spacial score (nSPS) is 33.2. The molecule has 2 aliphatic carbocycles. The van der Waals surface area contributed by atoms with Gasteiger partial charge in [-0.25, -0.2) is 0 Å². The third-order valence-corrected chi connectivity index (χ3v) is 6.44. The van der Waals surface area contributed by atoms with Crippen LogP contribution in [0.4, 0.5) is 0 Å². The Kier molecular flexibility index (Phi) is 5.22. The van der Waals surface area contributed by atoms with E-state index in [2.05, 4.69) is 36.2 Å². The highest BCUT2D eigenvalue weighted by Crippen LogP contribution is 2.57. The van der Waals surface area contributed by atoms with E-state index in [1.807, 2.05) is 6.07 Å². The highest BCUT2D eigenvalue weighted by atomic mass is 35.5. The maximum absolute atomic E-state index is 13.3. The molecule has 0 aromatic heterocycles. The van der Waals surface area contributed by atoms with Crippen LogP contribution in [0.3, 0.4) is 0 Å². The smallest absolute Gasteiger partial charge is 0.317 e. The van der Waals surface area contributed by atoms with Gasteiger partial charge in [0.1, 0.15) is 6.10 Å². The number of hydrogen-bond acceptors (Lipinski definition) is 3. The second-order valence-corrected chi connectivity index (χ2v) is 7.83. The number of benzene rings is 1. The van der Waals surface area contributed by atoms with Crippen molar-refractivity contribution in [1.29, 1.82) is 0 Å². The van der Waals surface area contributed by atoms with E-state index in [9.17, 15) is 4.79 Å². The van der Waals surface area contributed by atoms with Crippen molar-refractivity contribution < 1.29 is 9.53 Å². The van der Waals surface area contributed by atoms with Gasteiger partial charge in [0.05, 0.1) is 5.41 Å². The molecule has 0 radical (unpaired) electrons. The molecule has 4 rings (SSSR count). The summed E-state index contributed by atoms with van der Waals surface area (Å²) >= 11 is 0. The molecule has 3 fully saturated rings. The number of piperidine rings is 1. The second kappa shape index (κ2) is 7.05. The molecule has 3 atom stereocenters. The van der Waals surface area contributed by atoms with E-state index >= 15 is 0 Å². The monoisotopic (exact) mass is 349 g/mol. The van der Waals surface area contributed by atoms with Crippen molar-refractivity contribution in [3.05, 3.63) is 35.9 Å². The lowest BCUT2D eigenvalue weighted by molar-refractivity contribution is -0.160. The first kappa shape index (κ1) is 17.8. The largest absolute Gasteiger partial charge is 0.462 e. The summed E-state index contributed by atoms with van der Waals surface area (Å²) in [6.45, 7) is 2.06. The van der Waals surface area contributed by atoms with Crippen LogP contribution in [-0.4, -0.2) is 37.1 Å². The van der Waals surface area contributed by atoms with Gasteiger partial charge in [-0.2, -0.15) is 0 Å². The molecule has 1 aromatic carbocycles. The third kappa shape index (κ3) is 2.97. The number of carbonyl (C=O) groups excluding carboxylic acids is 1. The zero-order valence-electron chi connectivity index (χ0n) is 14.4. The molecule has 1 heterocycles. The van der Waals surface area contributed by atoms with Gasteiger partial charge < -0.3 is 9.64 Å². The molecule has 0 amide bonds. The number of nitrogens with zero attached hydrogens (tertiary/aromatic N) is 1. The Morgan fingerprint density at radius 2 is 1.83 bits per heavy atom. The summed E-state index contributed by atoms with van der Waals surface area (Å²) in [6, 6.07) is 10.4. The molecule has 3 aliphatic rings. The van der Waals surface area contributed by atoms with Crippen molar-refractivity contribution in [1.82, 2.24) is 4.90 Å². The number of fused-ring (bicyclic) bond motifs is 2. The van der Waals surface area contributed by atoms with Gasteiger partial charge in [-0.3, -0.25) is 4.79 Å². The van der Waals surface area contributed by atoms with E-state index < -0.39 is 0 Å². The highest BCUT2D eigenvalue weighted by molar-refractivity contribution is 5.85. The molecule has 3 unspecified atom stereocenters. The molecule has 2 saturated carbocycles. The van der Waals surface area contributed by atoms with Gasteiger partial charge in [-0.1, -0.05) is 36.8 Å². The first-order chi connectivity index (χ1) is 11.2. The van der Waals surface area contributed by atoms with Crippen LogP contribution in [-0.2, 0) is 14.9 Å². The van der Waals surface area contributed by atoms with Crippen molar-refractivity contribution in [2.45, 2.75) is 50.0 Å². The van der Waals surface area contributed by atoms with Crippen molar-refractivity contribution in [2.75, 3.05) is 20.1 Å². The Morgan fingerprint density at radius 3 is 2.42 bits per heavy atom. The average molecular weight is 350 g/mol. The molecule has 2 bridgehead atoms. The molecular formula is C20H28ClNO2. The van der Waals surface area contributed by atoms with Crippen molar-refractivity contribution >= 4 is 18.4 Å². The first-order valence-corrected chi connectivity index (χ1v) is 9.13. The Hall–Kier alpha value is -1.06. The van der Waals surface area contributed by atoms with Crippen molar-refractivity contribution in [3.8, 4) is 0 Å². The van der Waals surface area contributed by atoms with Gasteiger partial charge in [0, 0.05) is 13.1 Å². The Balaban J connectivity index is 0.00000169. The Morgan fingerprint density at radius 1 is 1.12 bits per heavy atom. The highest BCUT2D eigenvalue weighted by Gasteiger charge is 2.57. The van der Waals surface area contributed by atoms with E-state index in [4.69, 9.17) is 4.74 Å². The van der Waals surface area contributed by atoms with Crippen LogP contribution in [0.15, 0.2) is 30.3 Å². The molecule has 24 heavy (non-hydrogen) atoms. The molecule has 1 aliphatic heterocycles. The first-order valence-electron chi connectivity index (χ1n) is 9.13. The molecule has 0 spiro atoms. The number of likely N-dealkylation sites (tertiary alicyclic amines) is 1. The Bertz CT molecular complexity index is 570. The average Bonchev–Trinajstić information content (AvgIpc) is 3.19. The lowest BCUT2D eigenvalue weighted by atomic mass is 9.68. The van der Waals surface area contributed by atoms with Gasteiger partial charge in [0.25, 0.3) is 0 Å². The topological polar surface area (TPSA) is 29.5 Å². The minimum absolute atomic E-state index is 0. The summed E-state index contributed by atoms with van der Waals surface area (Å²) in [5.41, 5.74) is 0.818.